The van der Waals surface area contributed by atoms with Crippen molar-refractivity contribution in [2.24, 2.45) is 0 Å². The molecule has 2 heteroatoms. The number of fused-ring (bicyclic) bond motifs is 1. The molecule has 0 saturated carbocycles. The van der Waals surface area contributed by atoms with Gasteiger partial charge in [-0.25, -0.2) is 0 Å². The van der Waals surface area contributed by atoms with Gasteiger partial charge in [0.2, 0.25) is 0 Å². The molecule has 0 aliphatic rings. The largest absolute Gasteiger partial charge is 0.396 e. The molecule has 0 radical (unpaired) electrons. The lowest BCUT2D eigenvalue weighted by molar-refractivity contribution is 0.284. The first-order valence-electron chi connectivity index (χ1n) is 6.18. The highest BCUT2D eigenvalue weighted by molar-refractivity contribution is 5.88. The summed E-state index contributed by atoms with van der Waals surface area (Å²) in [5, 5.41) is 11.4. The van der Waals surface area contributed by atoms with E-state index in [1.54, 1.807) is 0 Å². The van der Waals surface area contributed by atoms with Gasteiger partial charge in [0.15, 0.2) is 0 Å². The van der Waals surface area contributed by atoms with E-state index in [-0.39, 0.29) is 6.61 Å². The molecular formula is C15H19NO. The lowest BCUT2D eigenvalue weighted by Crippen LogP contribution is -1.97. The highest BCUT2D eigenvalue weighted by Gasteiger charge is 2.06. The smallest absolute Gasteiger partial charge is 0.0431 e. The Balaban J connectivity index is 2.45. The van der Waals surface area contributed by atoms with Crippen LogP contribution in [-0.4, -0.2) is 16.7 Å². The second kappa shape index (κ2) is 5.28. The summed E-state index contributed by atoms with van der Waals surface area (Å²) in [4.78, 5) is 4.48. The topological polar surface area (TPSA) is 33.1 Å². The maximum atomic E-state index is 8.86. The number of rotatable bonds is 4. The van der Waals surface area contributed by atoms with Gasteiger partial charge in [-0.3, -0.25) is 4.98 Å². The van der Waals surface area contributed by atoms with E-state index in [1.807, 2.05) is 6.20 Å². The number of hydrogen-bond acceptors (Lipinski definition) is 2. The molecule has 2 aromatic rings. The molecule has 0 fully saturated rings. The van der Waals surface area contributed by atoms with Crippen molar-refractivity contribution in [2.75, 3.05) is 6.61 Å². The number of aromatic nitrogens is 1. The first-order valence-corrected chi connectivity index (χ1v) is 6.18. The van der Waals surface area contributed by atoms with Gasteiger partial charge in [-0.1, -0.05) is 18.2 Å². The van der Waals surface area contributed by atoms with Gasteiger partial charge in [0.25, 0.3) is 0 Å². The van der Waals surface area contributed by atoms with Crippen LogP contribution in [0.2, 0.25) is 0 Å². The Labute approximate surface area is 102 Å². The van der Waals surface area contributed by atoms with E-state index >= 15 is 0 Å². The van der Waals surface area contributed by atoms with E-state index < -0.39 is 0 Å². The van der Waals surface area contributed by atoms with Gasteiger partial charge in [0.1, 0.15) is 0 Å². The summed E-state index contributed by atoms with van der Waals surface area (Å²) in [7, 11) is 0. The van der Waals surface area contributed by atoms with Crippen LogP contribution in [0.5, 0.6) is 0 Å². The Morgan fingerprint density at radius 3 is 2.71 bits per heavy atom. The summed E-state index contributed by atoms with van der Waals surface area (Å²) in [6, 6.07) is 6.40. The van der Waals surface area contributed by atoms with Crippen molar-refractivity contribution in [3.05, 3.63) is 41.2 Å². The maximum absolute atomic E-state index is 8.86. The van der Waals surface area contributed by atoms with Crippen molar-refractivity contribution < 1.29 is 5.11 Å². The molecule has 90 valence electrons. The molecule has 0 unspecified atom stereocenters. The fraction of sp³-hybridized carbons (Fsp3) is 0.400. The first kappa shape index (κ1) is 12.1. The van der Waals surface area contributed by atoms with Crippen LogP contribution < -0.4 is 0 Å². The van der Waals surface area contributed by atoms with Crippen LogP contribution in [0.15, 0.2) is 24.4 Å². The van der Waals surface area contributed by atoms with Gasteiger partial charge in [0.05, 0.1) is 0 Å². The molecule has 1 N–H and O–H groups in total. The molecular weight excluding hydrogens is 210 g/mol. The van der Waals surface area contributed by atoms with E-state index in [0.29, 0.717) is 0 Å². The Morgan fingerprint density at radius 2 is 1.94 bits per heavy atom. The molecule has 2 rings (SSSR count). The van der Waals surface area contributed by atoms with Crippen molar-refractivity contribution in [1.82, 2.24) is 4.98 Å². The predicted molar refractivity (Wildman–Crippen MR) is 71.2 cm³/mol. The zero-order valence-electron chi connectivity index (χ0n) is 10.5. The third-order valence-electron chi connectivity index (χ3n) is 3.31. The van der Waals surface area contributed by atoms with E-state index in [4.69, 9.17) is 5.11 Å². The molecule has 0 aliphatic carbocycles. The van der Waals surface area contributed by atoms with Crippen LogP contribution in [0.3, 0.4) is 0 Å². The van der Waals surface area contributed by atoms with Crippen LogP contribution in [0.4, 0.5) is 0 Å². The zero-order chi connectivity index (χ0) is 12.3. The van der Waals surface area contributed by atoms with Gasteiger partial charge in [-0.05, 0) is 49.6 Å². The van der Waals surface area contributed by atoms with Crippen LogP contribution in [0.25, 0.3) is 10.8 Å². The quantitative estimate of drug-likeness (QED) is 0.817. The number of benzene rings is 1. The Bertz CT molecular complexity index is 520. The van der Waals surface area contributed by atoms with Gasteiger partial charge in [-0.2, -0.15) is 0 Å². The highest BCUT2D eigenvalue weighted by Crippen LogP contribution is 2.24. The molecule has 0 saturated heterocycles. The lowest BCUT2D eigenvalue weighted by atomic mass is 9.98. The number of aliphatic hydroxyl groups excluding tert-OH is 1. The van der Waals surface area contributed by atoms with Crippen molar-refractivity contribution in [3.63, 3.8) is 0 Å². The normalized spacial score (nSPS) is 11.0. The van der Waals surface area contributed by atoms with Gasteiger partial charge in [-0.15, -0.1) is 0 Å². The van der Waals surface area contributed by atoms with E-state index in [0.717, 1.165) is 25.0 Å². The molecule has 0 amide bonds. The third kappa shape index (κ3) is 2.47. The molecule has 2 nitrogen and oxygen atoms in total. The van der Waals surface area contributed by atoms with Crippen LogP contribution in [-0.2, 0) is 6.42 Å². The number of pyridine rings is 1. The van der Waals surface area contributed by atoms with Crippen LogP contribution >= 0.6 is 0 Å². The lowest BCUT2D eigenvalue weighted by Gasteiger charge is -2.10. The number of aliphatic hydroxyl groups is 1. The minimum Gasteiger partial charge on any atom is -0.396 e. The summed E-state index contributed by atoms with van der Waals surface area (Å²) in [6.45, 7) is 4.46. The Kier molecular flexibility index (Phi) is 3.75. The van der Waals surface area contributed by atoms with Crippen LogP contribution in [0, 0.1) is 13.8 Å². The summed E-state index contributed by atoms with van der Waals surface area (Å²) < 4.78 is 0. The minimum atomic E-state index is 0.274. The van der Waals surface area contributed by atoms with Gasteiger partial charge in [0, 0.05) is 23.9 Å². The van der Waals surface area contributed by atoms with E-state index in [2.05, 4.69) is 37.0 Å². The van der Waals surface area contributed by atoms with Gasteiger partial charge < -0.3 is 5.11 Å². The van der Waals surface area contributed by atoms with E-state index in [9.17, 15) is 0 Å². The minimum absolute atomic E-state index is 0.274. The number of aryl methyl sites for hydroxylation is 3. The second-order valence-electron chi connectivity index (χ2n) is 4.54. The predicted octanol–water partition coefficient (Wildman–Crippen LogP) is 3.17. The average Bonchev–Trinajstić information content (AvgIpc) is 2.32. The zero-order valence-corrected chi connectivity index (χ0v) is 10.5. The summed E-state index contributed by atoms with van der Waals surface area (Å²) in [6.07, 6.45) is 4.85. The summed E-state index contributed by atoms with van der Waals surface area (Å²) in [5.74, 6) is 0. The van der Waals surface area contributed by atoms with Crippen molar-refractivity contribution in [3.8, 4) is 0 Å². The molecule has 1 heterocycles. The molecule has 1 aromatic carbocycles. The molecule has 0 atom stereocenters. The fourth-order valence-electron chi connectivity index (χ4n) is 2.28. The fourth-order valence-corrected chi connectivity index (χ4v) is 2.28. The number of unbranched alkanes of at least 4 members (excludes halogenated alkanes) is 1. The van der Waals surface area contributed by atoms with E-state index in [1.165, 1.54) is 21.9 Å². The van der Waals surface area contributed by atoms with Crippen molar-refractivity contribution in [1.29, 1.82) is 0 Å². The number of nitrogens with zero attached hydrogens (tertiary/aromatic N) is 1. The van der Waals surface area contributed by atoms with Crippen molar-refractivity contribution in [2.45, 2.75) is 33.1 Å². The summed E-state index contributed by atoms with van der Waals surface area (Å²) in [5.41, 5.74) is 3.72. The monoisotopic (exact) mass is 229 g/mol. The molecule has 1 aromatic heterocycles. The highest BCUT2D eigenvalue weighted by atomic mass is 16.2. The average molecular weight is 229 g/mol. The molecule has 0 bridgehead atoms. The number of hydrogen-bond donors (Lipinski definition) is 1. The first-order chi connectivity index (χ1) is 8.24. The van der Waals surface area contributed by atoms with Gasteiger partial charge >= 0.3 is 0 Å². The molecule has 0 spiro atoms. The standard InChI is InChI=1S/C15H19NO/c1-11-6-5-8-14-13(7-3-4-9-17)12(2)16-10-15(11)14/h5-6,8,10,17H,3-4,7,9H2,1-2H3. The molecule has 17 heavy (non-hydrogen) atoms. The van der Waals surface area contributed by atoms with Crippen molar-refractivity contribution >= 4 is 10.8 Å². The Hall–Kier alpha value is -1.41. The molecule has 0 aliphatic heterocycles. The second-order valence-corrected chi connectivity index (χ2v) is 4.54. The SMILES string of the molecule is Cc1ncc2c(C)cccc2c1CCCCO. The Morgan fingerprint density at radius 1 is 1.12 bits per heavy atom. The summed E-state index contributed by atoms with van der Waals surface area (Å²) >= 11 is 0. The van der Waals surface area contributed by atoms with Crippen LogP contribution in [0.1, 0.15) is 29.7 Å². The third-order valence-corrected chi connectivity index (χ3v) is 3.31. The maximum Gasteiger partial charge on any atom is 0.0431 e.